The third kappa shape index (κ3) is 10.2. The first-order valence-electron chi connectivity index (χ1n) is 19.0. The number of aromatic nitrogens is 10. The third-order valence-electron chi connectivity index (χ3n) is 10.0. The Balaban J connectivity index is 0.000000183. The molecule has 2 N–H and O–H groups in total. The van der Waals surface area contributed by atoms with Gasteiger partial charge in [-0.1, -0.05) is 6.92 Å². The Bertz CT molecular complexity index is 2350. The maximum atomic E-state index is 13.7. The first-order chi connectivity index (χ1) is 28.8. The van der Waals surface area contributed by atoms with Gasteiger partial charge in [-0.2, -0.15) is 13.2 Å². The molecule has 0 saturated carbocycles. The lowest BCUT2D eigenvalue weighted by molar-refractivity contribution is -0.148. The van der Waals surface area contributed by atoms with E-state index in [2.05, 4.69) is 52.9 Å². The van der Waals surface area contributed by atoms with Crippen LogP contribution in [-0.4, -0.2) is 86.4 Å². The van der Waals surface area contributed by atoms with Crippen molar-refractivity contribution in [2.24, 2.45) is 5.73 Å². The van der Waals surface area contributed by atoms with Crippen LogP contribution in [0.2, 0.25) is 0 Å². The van der Waals surface area contributed by atoms with Crippen LogP contribution in [0.1, 0.15) is 65.6 Å². The van der Waals surface area contributed by atoms with E-state index in [9.17, 15) is 31.1 Å². The van der Waals surface area contributed by atoms with Crippen LogP contribution in [0.4, 0.5) is 32.3 Å². The van der Waals surface area contributed by atoms with Crippen molar-refractivity contribution in [1.29, 1.82) is 0 Å². The molecule has 1 saturated heterocycles. The summed E-state index contributed by atoms with van der Waals surface area (Å²) < 4.78 is 86.8. The zero-order valence-corrected chi connectivity index (χ0v) is 33.0. The minimum Gasteiger partial charge on any atom is -0.487 e. The number of tetrazole rings is 1. The van der Waals surface area contributed by atoms with E-state index in [-0.39, 0.29) is 43.9 Å². The number of anilines is 1. The third-order valence-corrected chi connectivity index (χ3v) is 11.1. The molecule has 6 aromatic rings. The Morgan fingerprint density at radius 3 is 2.40 bits per heavy atom. The van der Waals surface area contributed by atoms with Crippen molar-refractivity contribution in [2.75, 3.05) is 24.5 Å². The molecular weight excluding hydrogens is 817 g/mol. The first kappa shape index (κ1) is 42.1. The van der Waals surface area contributed by atoms with Crippen molar-refractivity contribution >= 4 is 23.2 Å². The molecule has 22 heteroatoms. The summed E-state index contributed by atoms with van der Waals surface area (Å²) in [7, 11) is 0. The van der Waals surface area contributed by atoms with Crippen LogP contribution in [-0.2, 0) is 43.5 Å². The number of fused-ring (bicyclic) bond motifs is 1. The summed E-state index contributed by atoms with van der Waals surface area (Å²) in [5, 5.41) is 21.1. The summed E-state index contributed by atoms with van der Waals surface area (Å²) in [6.07, 6.45) is 3.40. The maximum Gasteiger partial charge on any atom is 0.451 e. The quantitative estimate of drug-likeness (QED) is 0.129. The highest BCUT2D eigenvalue weighted by Crippen LogP contribution is 2.32. The summed E-state index contributed by atoms with van der Waals surface area (Å²) in [5.74, 6) is -3.04. The molecule has 316 valence electrons. The number of piperidine rings is 1. The van der Waals surface area contributed by atoms with Crippen LogP contribution >= 0.6 is 11.3 Å². The molecule has 2 aromatic carbocycles. The van der Waals surface area contributed by atoms with E-state index in [0.29, 0.717) is 24.7 Å². The fourth-order valence-electron chi connectivity index (χ4n) is 6.74. The lowest BCUT2D eigenvalue weighted by Crippen LogP contribution is -2.42. The number of nitrogens with two attached hydrogens (primary N) is 1. The van der Waals surface area contributed by atoms with Gasteiger partial charge in [-0.05, 0) is 77.6 Å². The number of thiazole rings is 1. The zero-order valence-electron chi connectivity index (χ0n) is 32.1. The Morgan fingerprint density at radius 2 is 1.72 bits per heavy atom. The number of ether oxygens (including phenoxy) is 1. The van der Waals surface area contributed by atoms with E-state index in [1.165, 1.54) is 15.5 Å². The molecule has 0 unspecified atom stereocenters. The molecule has 60 heavy (non-hydrogen) atoms. The number of alkyl halides is 3. The van der Waals surface area contributed by atoms with Crippen molar-refractivity contribution in [3.63, 3.8) is 0 Å². The lowest BCUT2D eigenvalue weighted by atomic mass is 9.98. The molecule has 1 fully saturated rings. The van der Waals surface area contributed by atoms with Crippen LogP contribution in [0.15, 0.2) is 60.5 Å². The van der Waals surface area contributed by atoms with E-state index in [0.717, 1.165) is 60.0 Å². The summed E-state index contributed by atoms with van der Waals surface area (Å²) >= 11 is 1.73. The Kier molecular flexibility index (Phi) is 13.0. The molecule has 8 rings (SSSR count). The van der Waals surface area contributed by atoms with E-state index >= 15 is 0 Å². The van der Waals surface area contributed by atoms with Gasteiger partial charge in [-0.3, -0.25) is 4.79 Å². The number of amides is 1. The van der Waals surface area contributed by atoms with Gasteiger partial charge >= 0.3 is 6.18 Å². The van der Waals surface area contributed by atoms with Gasteiger partial charge in [0.15, 0.2) is 17.5 Å². The summed E-state index contributed by atoms with van der Waals surface area (Å²) in [4.78, 5) is 29.8. The SMILES string of the molecule is CCc1cnc(N2CCC(c3nc(COc4ccc(-n5cnnn5)cc4)cs3)CC2)nc1.N[C@@H](CC(=O)N1CCn2c(nnc2C(F)(F)F)C1)Cc1cc(F)c(F)cc1F. The highest BCUT2D eigenvalue weighted by molar-refractivity contribution is 7.09. The number of nitrogens with zero attached hydrogens (tertiary/aromatic N) is 12. The number of hydrogen-bond acceptors (Lipinski definition) is 13. The van der Waals surface area contributed by atoms with Gasteiger partial charge < -0.3 is 24.8 Å². The number of benzene rings is 2. The number of rotatable bonds is 11. The first-order valence-corrected chi connectivity index (χ1v) is 19.8. The minimum atomic E-state index is -4.64. The molecule has 4 aromatic heterocycles. The molecule has 0 bridgehead atoms. The molecule has 15 nitrogen and oxygen atoms in total. The summed E-state index contributed by atoms with van der Waals surface area (Å²) in [6.45, 7) is 4.18. The Labute approximate surface area is 343 Å². The van der Waals surface area contributed by atoms with Crippen LogP contribution in [0.5, 0.6) is 5.75 Å². The second-order valence-corrected chi connectivity index (χ2v) is 15.0. The smallest absolute Gasteiger partial charge is 0.451 e. The van der Waals surface area contributed by atoms with Gasteiger partial charge in [0.25, 0.3) is 0 Å². The Hall–Kier alpha value is -6.03. The normalized spacial score (nSPS) is 15.0. The van der Waals surface area contributed by atoms with Crippen LogP contribution in [0, 0.1) is 17.5 Å². The topological polar surface area (TPSA) is 172 Å². The monoisotopic (exact) mass is 855 g/mol. The summed E-state index contributed by atoms with van der Waals surface area (Å²) in [5.41, 5.74) is 8.66. The van der Waals surface area contributed by atoms with E-state index in [1.54, 1.807) is 22.3 Å². The molecule has 2 aliphatic heterocycles. The number of hydrogen-bond donors (Lipinski definition) is 1. The van der Waals surface area contributed by atoms with E-state index in [1.807, 2.05) is 36.7 Å². The van der Waals surface area contributed by atoms with Crippen molar-refractivity contribution in [3.05, 3.63) is 111 Å². The molecule has 0 aliphatic carbocycles. The van der Waals surface area contributed by atoms with Crippen LogP contribution in [0.25, 0.3) is 5.69 Å². The van der Waals surface area contributed by atoms with E-state index < -0.39 is 41.4 Å². The fourth-order valence-corrected chi connectivity index (χ4v) is 7.71. The van der Waals surface area contributed by atoms with Crippen molar-refractivity contribution < 1.29 is 35.9 Å². The zero-order chi connectivity index (χ0) is 42.4. The molecule has 0 radical (unpaired) electrons. The van der Waals surface area contributed by atoms with Crippen LogP contribution in [0.3, 0.4) is 0 Å². The fraction of sp³-hybridized carbons (Fsp3) is 0.395. The highest BCUT2D eigenvalue weighted by Gasteiger charge is 2.40. The number of carbonyl (C=O) groups excluding carboxylic acids is 1. The maximum absolute atomic E-state index is 13.7. The average molecular weight is 856 g/mol. The van der Waals surface area contributed by atoms with Gasteiger partial charge in [0.05, 0.1) is 22.9 Å². The Morgan fingerprint density at radius 1 is 0.983 bits per heavy atom. The lowest BCUT2D eigenvalue weighted by Gasteiger charge is -2.31. The average Bonchev–Trinajstić information content (AvgIpc) is 4.05. The highest BCUT2D eigenvalue weighted by atomic mass is 32.1. The number of aryl methyl sites for hydroxylation is 1. The van der Waals surface area contributed by atoms with Crippen molar-refractivity contribution in [1.82, 2.24) is 54.8 Å². The number of halogens is 6. The largest absolute Gasteiger partial charge is 0.487 e. The molecular formula is C38H39F6N13O2S. The van der Waals surface area contributed by atoms with Crippen LogP contribution < -0.4 is 15.4 Å². The molecule has 6 heterocycles. The van der Waals surface area contributed by atoms with Crippen molar-refractivity contribution in [2.45, 2.75) is 76.9 Å². The molecule has 2 aliphatic rings. The van der Waals surface area contributed by atoms with Gasteiger partial charge in [-0.25, -0.2) is 32.8 Å². The molecule has 0 spiro atoms. The number of carbonyl (C=O) groups is 1. The predicted octanol–water partition coefficient (Wildman–Crippen LogP) is 5.45. The van der Waals surface area contributed by atoms with Gasteiger partial charge in [0, 0.05) is 68.4 Å². The minimum absolute atomic E-state index is 0.000783. The predicted molar refractivity (Wildman–Crippen MR) is 204 cm³/mol. The second kappa shape index (κ2) is 18.5. The van der Waals surface area contributed by atoms with Crippen molar-refractivity contribution in [3.8, 4) is 11.4 Å². The molecule has 1 atom stereocenters. The summed E-state index contributed by atoms with van der Waals surface area (Å²) in [6, 6.07) is 7.85. The standard InChI is InChI=1S/C22H24N8OS.C16H15F6N5O/c1-2-16-11-23-22(24-12-16)29-9-7-17(8-10-29)21-26-18(14-32-21)13-31-20-5-3-19(4-6-20)30-15-25-27-28-30;17-10-6-12(19)11(18)4-8(10)3-9(23)5-14(28)26-1-2-27-13(7-26)24-25-15(27)16(20,21)22/h3-6,11-12,14-15,17H,2,7-10,13H2,1H3;4,6,9H,1-3,5,7,23H2/t;9-/m.1/s1. The molecule has 1 amide bonds. The van der Waals surface area contributed by atoms with E-state index in [4.69, 9.17) is 15.5 Å². The van der Waals surface area contributed by atoms with Gasteiger partial charge in [0.2, 0.25) is 17.7 Å². The van der Waals surface area contributed by atoms with Gasteiger partial charge in [-0.15, -0.1) is 26.6 Å². The van der Waals surface area contributed by atoms with Gasteiger partial charge in [0.1, 0.15) is 24.5 Å². The second-order valence-electron chi connectivity index (χ2n) is 14.2.